The summed E-state index contributed by atoms with van der Waals surface area (Å²) in [6, 6.07) is 4.19. The Balaban J connectivity index is 1.64. The van der Waals surface area contributed by atoms with Crippen molar-refractivity contribution in [3.8, 4) is 0 Å². The highest BCUT2D eigenvalue weighted by Gasteiger charge is 2.26. The fraction of sp³-hybridized carbons (Fsp3) is 0.579. The van der Waals surface area contributed by atoms with Gasteiger partial charge in [0.2, 0.25) is 0 Å². The number of nitrogens with one attached hydrogen (secondary N) is 1. The van der Waals surface area contributed by atoms with Gasteiger partial charge in [-0.15, -0.1) is 0 Å². The lowest BCUT2D eigenvalue weighted by atomic mass is 9.93. The molecule has 0 bridgehead atoms. The van der Waals surface area contributed by atoms with Crippen LogP contribution in [0, 0.1) is 12.7 Å². The quantitative estimate of drug-likeness (QED) is 0.480. The smallest absolute Gasteiger partial charge is 0.184 e. The van der Waals surface area contributed by atoms with E-state index in [1.54, 1.807) is 0 Å². The van der Waals surface area contributed by atoms with Gasteiger partial charge in [-0.3, -0.25) is 10.3 Å². The summed E-state index contributed by atoms with van der Waals surface area (Å²) in [4.78, 5) is 4.78. The highest BCUT2D eigenvalue weighted by Crippen LogP contribution is 2.28. The van der Waals surface area contributed by atoms with E-state index >= 15 is 0 Å². The topological polar surface area (TPSA) is 56.9 Å². The number of halogens is 1. The number of rotatable bonds is 4. The molecule has 3 N–H and O–H groups in total. The molecule has 3 rings (SSSR count). The Morgan fingerprint density at radius 2 is 1.92 bits per heavy atom. The SMILES string of the molecule is Cc1cc(/C=N/NC(N)=S)cc(F)c1N1CCN(C2CCCCC2)CC1. The Bertz CT molecular complexity index is 641. The Morgan fingerprint density at radius 1 is 1.23 bits per heavy atom. The third-order valence-corrected chi connectivity index (χ3v) is 5.48. The Morgan fingerprint density at radius 3 is 2.54 bits per heavy atom. The number of thiocarbonyl (C=S) groups is 1. The predicted octanol–water partition coefficient (Wildman–Crippen LogP) is 2.76. The lowest BCUT2D eigenvalue weighted by molar-refractivity contribution is 0.147. The van der Waals surface area contributed by atoms with E-state index in [4.69, 9.17) is 18.0 Å². The van der Waals surface area contributed by atoms with Gasteiger partial charge in [-0.2, -0.15) is 5.10 Å². The average molecular weight is 378 g/mol. The molecule has 26 heavy (non-hydrogen) atoms. The van der Waals surface area contributed by atoms with Crippen molar-refractivity contribution in [1.82, 2.24) is 10.3 Å². The second kappa shape index (κ2) is 8.77. The number of benzene rings is 1. The van der Waals surface area contributed by atoms with Crippen LogP contribution in [-0.2, 0) is 0 Å². The van der Waals surface area contributed by atoms with Gasteiger partial charge in [-0.25, -0.2) is 4.39 Å². The Hall–Kier alpha value is -1.73. The first-order valence-corrected chi connectivity index (χ1v) is 9.83. The molecule has 2 aliphatic rings. The molecule has 0 unspecified atom stereocenters. The molecular weight excluding hydrogens is 349 g/mol. The van der Waals surface area contributed by atoms with E-state index in [0.717, 1.165) is 37.8 Å². The monoisotopic (exact) mass is 377 g/mol. The summed E-state index contributed by atoms with van der Waals surface area (Å²) < 4.78 is 14.7. The van der Waals surface area contributed by atoms with Crippen molar-refractivity contribution in [3.63, 3.8) is 0 Å². The van der Waals surface area contributed by atoms with Crippen LogP contribution in [0.5, 0.6) is 0 Å². The number of aryl methyl sites for hydroxylation is 1. The zero-order valence-corrected chi connectivity index (χ0v) is 16.2. The molecule has 1 heterocycles. The zero-order chi connectivity index (χ0) is 18.5. The molecule has 1 aromatic carbocycles. The first-order valence-electron chi connectivity index (χ1n) is 9.42. The van der Waals surface area contributed by atoms with Gasteiger partial charge in [0, 0.05) is 32.2 Å². The minimum Gasteiger partial charge on any atom is -0.375 e. The molecule has 1 aliphatic carbocycles. The van der Waals surface area contributed by atoms with E-state index in [9.17, 15) is 4.39 Å². The maximum atomic E-state index is 14.7. The molecule has 142 valence electrons. The summed E-state index contributed by atoms with van der Waals surface area (Å²) in [6.07, 6.45) is 8.25. The van der Waals surface area contributed by atoms with Crippen LogP contribution in [0.15, 0.2) is 17.2 Å². The molecule has 7 heteroatoms. The minimum atomic E-state index is -0.201. The molecule has 5 nitrogen and oxygen atoms in total. The second-order valence-electron chi connectivity index (χ2n) is 7.22. The second-order valence-corrected chi connectivity index (χ2v) is 7.66. The number of nitrogens with two attached hydrogens (primary N) is 1. The minimum absolute atomic E-state index is 0.0888. The van der Waals surface area contributed by atoms with Crippen LogP contribution in [0.4, 0.5) is 10.1 Å². The number of hydrogen-bond donors (Lipinski definition) is 2. The summed E-state index contributed by atoms with van der Waals surface area (Å²) in [5.41, 5.74) is 10.1. The molecule has 1 saturated carbocycles. The maximum Gasteiger partial charge on any atom is 0.184 e. The Labute approximate surface area is 160 Å². The van der Waals surface area contributed by atoms with Gasteiger partial charge < -0.3 is 10.6 Å². The molecule has 0 atom stereocenters. The normalized spacial score (nSPS) is 19.8. The lowest BCUT2D eigenvalue weighted by Crippen LogP contribution is -2.51. The number of piperazine rings is 1. The van der Waals surface area contributed by atoms with Crippen LogP contribution < -0.4 is 16.1 Å². The summed E-state index contributed by atoms with van der Waals surface area (Å²) in [5, 5.41) is 3.99. The van der Waals surface area contributed by atoms with Crippen molar-refractivity contribution in [2.24, 2.45) is 10.8 Å². The maximum absolute atomic E-state index is 14.7. The van der Waals surface area contributed by atoms with Gasteiger partial charge in [0.1, 0.15) is 5.82 Å². The standard InChI is InChI=1S/C19H28FN5S/c1-14-11-15(13-22-23-19(21)26)12-17(20)18(14)25-9-7-24(8-10-25)16-5-3-2-4-6-16/h11-13,16H,2-10H2,1H3,(H3,21,23,26)/b22-13+. The number of hydrogen-bond acceptors (Lipinski definition) is 4. The van der Waals surface area contributed by atoms with Gasteiger partial charge in [-0.05, 0) is 55.2 Å². The summed E-state index contributed by atoms with van der Waals surface area (Å²) in [6.45, 7) is 5.74. The number of nitrogens with zero attached hydrogens (tertiary/aromatic N) is 3. The fourth-order valence-electron chi connectivity index (χ4n) is 4.17. The molecule has 0 aromatic heterocycles. The summed E-state index contributed by atoms with van der Waals surface area (Å²) in [5.74, 6) is -0.201. The van der Waals surface area contributed by atoms with E-state index in [0.29, 0.717) is 11.3 Å². The van der Waals surface area contributed by atoms with Crippen molar-refractivity contribution < 1.29 is 4.39 Å². The van der Waals surface area contributed by atoms with Gasteiger partial charge in [0.05, 0.1) is 11.9 Å². The van der Waals surface area contributed by atoms with E-state index in [1.807, 2.05) is 13.0 Å². The number of hydrazone groups is 1. The predicted molar refractivity (Wildman–Crippen MR) is 109 cm³/mol. The molecule has 1 aliphatic heterocycles. The highest BCUT2D eigenvalue weighted by atomic mass is 32.1. The summed E-state index contributed by atoms with van der Waals surface area (Å²) >= 11 is 4.69. The van der Waals surface area contributed by atoms with Crippen LogP contribution in [0.2, 0.25) is 0 Å². The molecule has 2 fully saturated rings. The van der Waals surface area contributed by atoms with Crippen molar-refractivity contribution in [1.29, 1.82) is 0 Å². The van der Waals surface area contributed by atoms with Crippen molar-refractivity contribution in [3.05, 3.63) is 29.1 Å². The largest absolute Gasteiger partial charge is 0.375 e. The molecule has 1 aromatic rings. The van der Waals surface area contributed by atoms with Gasteiger partial charge >= 0.3 is 0 Å². The van der Waals surface area contributed by atoms with E-state index in [-0.39, 0.29) is 10.9 Å². The van der Waals surface area contributed by atoms with Gasteiger partial charge in [0.25, 0.3) is 0 Å². The number of anilines is 1. The van der Waals surface area contributed by atoms with E-state index < -0.39 is 0 Å². The van der Waals surface area contributed by atoms with Crippen LogP contribution in [-0.4, -0.2) is 48.4 Å². The fourth-order valence-corrected chi connectivity index (χ4v) is 4.22. The zero-order valence-electron chi connectivity index (χ0n) is 15.4. The Kier molecular flexibility index (Phi) is 6.43. The van der Waals surface area contributed by atoms with Gasteiger partial charge in [-0.1, -0.05) is 19.3 Å². The van der Waals surface area contributed by atoms with Crippen molar-refractivity contribution in [2.75, 3.05) is 31.1 Å². The molecule has 0 spiro atoms. The average Bonchev–Trinajstić information content (AvgIpc) is 2.62. The van der Waals surface area contributed by atoms with Gasteiger partial charge in [0.15, 0.2) is 5.11 Å². The first kappa shape index (κ1) is 19.0. The highest BCUT2D eigenvalue weighted by molar-refractivity contribution is 7.80. The van der Waals surface area contributed by atoms with Crippen molar-refractivity contribution in [2.45, 2.75) is 45.1 Å². The first-order chi connectivity index (χ1) is 12.5. The summed E-state index contributed by atoms with van der Waals surface area (Å²) in [7, 11) is 0. The van der Waals surface area contributed by atoms with Crippen LogP contribution in [0.3, 0.4) is 0 Å². The molecular formula is C19H28FN5S. The third-order valence-electron chi connectivity index (χ3n) is 5.39. The lowest BCUT2D eigenvalue weighted by Gasteiger charge is -2.42. The van der Waals surface area contributed by atoms with E-state index in [2.05, 4.69) is 20.3 Å². The van der Waals surface area contributed by atoms with Crippen molar-refractivity contribution >= 4 is 29.2 Å². The van der Waals surface area contributed by atoms with E-state index in [1.165, 1.54) is 44.4 Å². The molecule has 0 radical (unpaired) electrons. The van der Waals surface area contributed by atoms with Crippen LogP contribution in [0.25, 0.3) is 0 Å². The third kappa shape index (κ3) is 4.71. The van der Waals surface area contributed by atoms with Crippen LogP contribution >= 0.6 is 12.2 Å². The van der Waals surface area contributed by atoms with Crippen LogP contribution in [0.1, 0.15) is 43.2 Å². The molecule has 0 amide bonds. The molecule has 1 saturated heterocycles.